The van der Waals surface area contributed by atoms with Crippen molar-refractivity contribution in [2.24, 2.45) is 34.5 Å². The quantitative estimate of drug-likeness (QED) is 0.267. The van der Waals surface area contributed by atoms with Crippen molar-refractivity contribution in [1.82, 2.24) is 4.90 Å². The van der Waals surface area contributed by atoms with E-state index in [-0.39, 0.29) is 24.6 Å². The van der Waals surface area contributed by atoms with Crippen molar-refractivity contribution >= 4 is 17.9 Å². The van der Waals surface area contributed by atoms with Crippen LogP contribution in [0.1, 0.15) is 44.0 Å². The SMILES string of the molecule is CCN1C[C@@]2(COC)[C@H]3[C@@H](OC)[C@H]4C1[C@]3([C@@H](OC)C[C@H]2OC(C)=O)[C@@H]1C[C@@]2(O)[C@H](OC(=O)c3ccccc3)[C@@H]1[C@]4(OC(C)=O)[C@@H](O)[C@@H]2OC. The number of likely N-dealkylation sites (tertiary alicyclic amines) is 1. The Labute approximate surface area is 286 Å². The van der Waals surface area contributed by atoms with Gasteiger partial charge in [0.15, 0.2) is 5.60 Å². The monoisotopic (exact) mass is 687 g/mol. The summed E-state index contributed by atoms with van der Waals surface area (Å²) >= 11 is 0. The van der Waals surface area contributed by atoms with Gasteiger partial charge in [-0.15, -0.1) is 0 Å². The molecular formula is C36H49NO12. The van der Waals surface area contributed by atoms with E-state index in [2.05, 4.69) is 4.90 Å². The Morgan fingerprint density at radius 2 is 1.63 bits per heavy atom. The summed E-state index contributed by atoms with van der Waals surface area (Å²) in [6, 6.07) is 8.12. The predicted octanol–water partition coefficient (Wildman–Crippen LogP) is 1.22. The molecule has 13 heteroatoms. The number of methoxy groups -OCH3 is 4. The molecule has 49 heavy (non-hydrogen) atoms. The minimum atomic E-state index is -1.86. The maximum Gasteiger partial charge on any atom is 0.338 e. The van der Waals surface area contributed by atoms with E-state index in [4.69, 9.17) is 33.2 Å². The molecule has 1 unspecified atom stereocenters. The first-order valence-corrected chi connectivity index (χ1v) is 17.2. The molecule has 7 rings (SSSR count). The topological polar surface area (TPSA) is 160 Å². The first-order valence-electron chi connectivity index (χ1n) is 17.2. The van der Waals surface area contributed by atoms with Crippen molar-refractivity contribution in [3.05, 3.63) is 35.9 Å². The fourth-order valence-electron chi connectivity index (χ4n) is 12.7. The Kier molecular flexibility index (Phi) is 8.49. The Morgan fingerprint density at radius 1 is 0.918 bits per heavy atom. The van der Waals surface area contributed by atoms with E-state index >= 15 is 0 Å². The van der Waals surface area contributed by atoms with Gasteiger partial charge >= 0.3 is 17.9 Å². The normalized spacial score (nSPS) is 47.4. The molecule has 1 aromatic carbocycles. The number of benzene rings is 1. The van der Waals surface area contributed by atoms with Crippen molar-refractivity contribution in [2.75, 3.05) is 48.1 Å². The molecule has 1 aromatic rings. The number of nitrogens with zero attached hydrogens (tertiary/aromatic N) is 1. The molecule has 0 radical (unpaired) electrons. The summed E-state index contributed by atoms with van der Waals surface area (Å²) in [5, 5.41) is 25.5. The maximum atomic E-state index is 13.8. The molecule has 1 aliphatic heterocycles. The standard InChI is InChI=1S/C36H49NO12/c1-8-37-16-33(17-43-4)22(47-18(2)38)14-23(44-5)35-21-15-34(42)30(48-32(41)20-12-10-9-11-13-20)24(21)36(49-19(3)39,29(40)31(34)46-7)25(28(35)37)26(45-6)27(33)35/h9-13,21-31,40,42H,8,14-17H2,1-7H3/t21-,22-,23+,24-,25+,26+,27-,28?,29+,30-,31+,33+,34-,35+,36-/m1/s1. The molecule has 7 bridgehead atoms. The number of rotatable bonds is 10. The average molecular weight is 688 g/mol. The number of ether oxygens (including phenoxy) is 7. The summed E-state index contributed by atoms with van der Waals surface area (Å²) in [6.07, 6.45) is -5.45. The Balaban J connectivity index is 1.53. The van der Waals surface area contributed by atoms with E-state index in [9.17, 15) is 24.6 Å². The van der Waals surface area contributed by atoms with Crippen molar-refractivity contribution < 1.29 is 57.8 Å². The third kappa shape index (κ3) is 4.21. The van der Waals surface area contributed by atoms with E-state index in [1.807, 2.05) is 6.92 Å². The molecule has 0 amide bonds. The van der Waals surface area contributed by atoms with Crippen molar-refractivity contribution in [1.29, 1.82) is 0 Å². The molecular weight excluding hydrogens is 638 g/mol. The second-order valence-electron chi connectivity index (χ2n) is 15.0. The highest BCUT2D eigenvalue weighted by molar-refractivity contribution is 5.89. The van der Waals surface area contributed by atoms with E-state index < -0.39 is 100 Å². The van der Waals surface area contributed by atoms with Crippen molar-refractivity contribution in [2.45, 2.75) is 87.5 Å². The Bertz CT molecular complexity index is 1480. The summed E-state index contributed by atoms with van der Waals surface area (Å²) in [7, 11) is 6.25. The van der Waals surface area contributed by atoms with Crippen LogP contribution in [0.4, 0.5) is 0 Å². The maximum absolute atomic E-state index is 13.8. The highest BCUT2D eigenvalue weighted by Crippen LogP contribution is 2.80. The number of hydrogen-bond acceptors (Lipinski definition) is 13. The van der Waals surface area contributed by atoms with Crippen LogP contribution in [0.3, 0.4) is 0 Å². The molecule has 13 nitrogen and oxygen atoms in total. The van der Waals surface area contributed by atoms with E-state index in [1.54, 1.807) is 51.7 Å². The lowest BCUT2D eigenvalue weighted by atomic mass is 9.42. The van der Waals surface area contributed by atoms with E-state index in [1.165, 1.54) is 21.0 Å². The number of carbonyl (C=O) groups excluding carboxylic acids is 3. The molecule has 15 atom stereocenters. The van der Waals surface area contributed by atoms with Crippen LogP contribution in [0.5, 0.6) is 0 Å². The average Bonchev–Trinajstić information content (AvgIpc) is 3.44. The molecule has 0 aromatic heterocycles. The van der Waals surface area contributed by atoms with E-state index in [0.717, 1.165) is 0 Å². The van der Waals surface area contributed by atoms with Crippen LogP contribution in [0, 0.1) is 34.5 Å². The third-order valence-electron chi connectivity index (χ3n) is 13.4. The van der Waals surface area contributed by atoms with Gasteiger partial charge in [0.2, 0.25) is 0 Å². The fourth-order valence-corrected chi connectivity index (χ4v) is 12.7. The van der Waals surface area contributed by atoms with Crippen LogP contribution >= 0.6 is 0 Å². The number of piperidine rings is 1. The van der Waals surface area contributed by atoms with Gasteiger partial charge < -0.3 is 43.4 Å². The van der Waals surface area contributed by atoms with Gasteiger partial charge in [-0.3, -0.25) is 14.5 Å². The molecule has 2 N–H and O–H groups in total. The third-order valence-corrected chi connectivity index (χ3v) is 13.4. The number of fused-ring (bicyclic) bond motifs is 2. The van der Waals surface area contributed by atoms with Gasteiger partial charge in [0.05, 0.1) is 24.4 Å². The molecule has 6 aliphatic rings. The highest BCUT2D eigenvalue weighted by atomic mass is 16.6. The number of aliphatic hydroxyl groups is 2. The van der Waals surface area contributed by atoms with Crippen LogP contribution in [0.2, 0.25) is 0 Å². The Morgan fingerprint density at radius 3 is 2.20 bits per heavy atom. The summed E-state index contributed by atoms with van der Waals surface area (Å²) in [6.45, 7) is 5.99. The van der Waals surface area contributed by atoms with Crippen LogP contribution in [0.25, 0.3) is 0 Å². The molecule has 5 aliphatic carbocycles. The number of carbonyl (C=O) groups is 3. The highest BCUT2D eigenvalue weighted by Gasteiger charge is 2.92. The lowest BCUT2D eigenvalue weighted by molar-refractivity contribution is -0.322. The zero-order valence-electron chi connectivity index (χ0n) is 29.2. The largest absolute Gasteiger partial charge is 0.462 e. The summed E-state index contributed by atoms with van der Waals surface area (Å²) in [5.74, 6) is -4.24. The van der Waals surface area contributed by atoms with Gasteiger partial charge in [-0.2, -0.15) is 0 Å². The number of hydrogen-bond donors (Lipinski definition) is 2. The minimum absolute atomic E-state index is 0.0534. The zero-order chi connectivity index (χ0) is 35.3. The van der Waals surface area contributed by atoms with Crippen LogP contribution < -0.4 is 0 Å². The predicted molar refractivity (Wildman–Crippen MR) is 170 cm³/mol. The first-order chi connectivity index (χ1) is 23.4. The van der Waals surface area contributed by atoms with Crippen molar-refractivity contribution in [3.63, 3.8) is 0 Å². The second kappa shape index (κ2) is 12.0. The van der Waals surface area contributed by atoms with E-state index in [0.29, 0.717) is 19.5 Å². The number of esters is 3. The summed E-state index contributed by atoms with van der Waals surface area (Å²) in [4.78, 5) is 42.2. The molecule has 6 fully saturated rings. The molecule has 1 spiro atoms. The molecule has 1 heterocycles. The minimum Gasteiger partial charge on any atom is -0.462 e. The Hall–Kier alpha value is -2.65. The first kappa shape index (κ1) is 34.8. The van der Waals surface area contributed by atoms with Crippen LogP contribution in [0.15, 0.2) is 30.3 Å². The lowest BCUT2D eigenvalue weighted by Crippen LogP contribution is -2.81. The fraction of sp³-hybridized carbons (Fsp3) is 0.750. The van der Waals surface area contributed by atoms with Gasteiger partial charge in [-0.25, -0.2) is 4.79 Å². The van der Waals surface area contributed by atoms with Gasteiger partial charge in [0, 0.05) is 89.9 Å². The summed E-state index contributed by atoms with van der Waals surface area (Å²) < 4.78 is 43.9. The van der Waals surface area contributed by atoms with Gasteiger partial charge in [0.1, 0.15) is 30.0 Å². The van der Waals surface area contributed by atoms with Gasteiger partial charge in [-0.1, -0.05) is 25.1 Å². The van der Waals surface area contributed by atoms with Crippen LogP contribution in [-0.2, 0) is 42.7 Å². The summed E-state index contributed by atoms with van der Waals surface area (Å²) in [5.41, 5.74) is -4.92. The van der Waals surface area contributed by atoms with Gasteiger partial charge in [-0.05, 0) is 31.0 Å². The van der Waals surface area contributed by atoms with Gasteiger partial charge in [0.25, 0.3) is 0 Å². The lowest BCUT2D eigenvalue weighted by Gasteiger charge is -2.70. The number of aliphatic hydroxyl groups excluding tert-OH is 1. The van der Waals surface area contributed by atoms with Crippen molar-refractivity contribution in [3.8, 4) is 0 Å². The van der Waals surface area contributed by atoms with Crippen LogP contribution in [-0.4, -0.2) is 135 Å². The zero-order valence-corrected chi connectivity index (χ0v) is 29.2. The second-order valence-corrected chi connectivity index (χ2v) is 15.0. The molecule has 1 saturated heterocycles. The smallest absolute Gasteiger partial charge is 0.338 e. The molecule has 270 valence electrons. The molecule has 5 saturated carbocycles.